The van der Waals surface area contributed by atoms with E-state index in [1.165, 1.54) is 24.1 Å². The summed E-state index contributed by atoms with van der Waals surface area (Å²) in [5, 5.41) is 3.72. The van der Waals surface area contributed by atoms with E-state index in [1.54, 1.807) is 61.5 Å². The molecule has 1 aliphatic rings. The van der Waals surface area contributed by atoms with Gasteiger partial charge in [-0.05, 0) is 74.2 Å². The van der Waals surface area contributed by atoms with Crippen molar-refractivity contribution >= 4 is 50.7 Å². The standard InChI is InChI=1S/C31H35Cl2N3O5S/c1-21-13-16-29(41-3)28(17-21)36(42(39,40)25-11-5-4-6-12-25)20-30(37)35(19-23-14-15-26(32)27(33)18-23)22(2)31(38)34-24-9-7-8-10-24/h4-6,11-18,22,24H,7-10,19-20H2,1-3H3,(H,34,38). The Morgan fingerprint density at radius 1 is 1.00 bits per heavy atom. The molecular formula is C31H35Cl2N3O5S. The van der Waals surface area contributed by atoms with Crippen molar-refractivity contribution in [2.45, 2.75) is 63.1 Å². The third kappa shape index (κ3) is 7.38. The third-order valence-corrected chi connectivity index (χ3v) is 9.93. The molecule has 1 aliphatic carbocycles. The highest BCUT2D eigenvalue weighted by Crippen LogP contribution is 2.34. The summed E-state index contributed by atoms with van der Waals surface area (Å²) in [6, 6.07) is 17.1. The minimum Gasteiger partial charge on any atom is -0.495 e. The largest absolute Gasteiger partial charge is 0.495 e. The molecule has 1 saturated carbocycles. The number of carbonyl (C=O) groups excluding carboxylic acids is 2. The molecule has 0 heterocycles. The fourth-order valence-corrected chi connectivity index (χ4v) is 6.80. The number of hydrogen-bond acceptors (Lipinski definition) is 5. The average Bonchev–Trinajstić information content (AvgIpc) is 3.49. The van der Waals surface area contributed by atoms with E-state index in [0.29, 0.717) is 15.6 Å². The van der Waals surface area contributed by atoms with Crippen molar-refractivity contribution in [2.24, 2.45) is 0 Å². The second kappa shape index (κ2) is 13.8. The number of halogens is 2. The Hall–Kier alpha value is -3.27. The number of carbonyl (C=O) groups is 2. The first-order valence-electron chi connectivity index (χ1n) is 13.8. The van der Waals surface area contributed by atoms with Gasteiger partial charge in [-0.2, -0.15) is 0 Å². The smallest absolute Gasteiger partial charge is 0.264 e. The summed E-state index contributed by atoms with van der Waals surface area (Å²) in [5.74, 6) is -0.588. The first-order valence-corrected chi connectivity index (χ1v) is 16.0. The predicted octanol–water partition coefficient (Wildman–Crippen LogP) is 5.98. The van der Waals surface area contributed by atoms with Gasteiger partial charge in [0.05, 0.1) is 27.7 Å². The van der Waals surface area contributed by atoms with Crippen LogP contribution in [0, 0.1) is 6.92 Å². The van der Waals surface area contributed by atoms with Crippen molar-refractivity contribution in [2.75, 3.05) is 18.0 Å². The summed E-state index contributed by atoms with van der Waals surface area (Å²) in [6.45, 7) is 2.91. The zero-order valence-corrected chi connectivity index (χ0v) is 26.2. The zero-order valence-electron chi connectivity index (χ0n) is 23.8. The van der Waals surface area contributed by atoms with Gasteiger partial charge in [-0.25, -0.2) is 8.42 Å². The molecule has 1 N–H and O–H groups in total. The molecule has 1 atom stereocenters. The molecule has 42 heavy (non-hydrogen) atoms. The maximum atomic E-state index is 14.2. The van der Waals surface area contributed by atoms with Crippen molar-refractivity contribution in [1.29, 1.82) is 0 Å². The van der Waals surface area contributed by atoms with E-state index in [-0.39, 0.29) is 34.8 Å². The number of sulfonamides is 1. The van der Waals surface area contributed by atoms with Gasteiger partial charge >= 0.3 is 0 Å². The van der Waals surface area contributed by atoms with E-state index < -0.39 is 28.5 Å². The highest BCUT2D eigenvalue weighted by Gasteiger charge is 2.34. The molecule has 0 radical (unpaired) electrons. The van der Waals surface area contributed by atoms with Gasteiger partial charge in [-0.15, -0.1) is 0 Å². The van der Waals surface area contributed by atoms with Crippen LogP contribution in [0.15, 0.2) is 71.6 Å². The van der Waals surface area contributed by atoms with Crippen LogP contribution in [-0.2, 0) is 26.2 Å². The summed E-state index contributed by atoms with van der Waals surface area (Å²) >= 11 is 12.4. The number of nitrogens with zero attached hydrogens (tertiary/aromatic N) is 2. The second-order valence-corrected chi connectivity index (χ2v) is 13.1. The van der Waals surface area contributed by atoms with Gasteiger partial charge in [0, 0.05) is 12.6 Å². The number of nitrogens with one attached hydrogen (secondary N) is 1. The van der Waals surface area contributed by atoms with Crippen LogP contribution < -0.4 is 14.4 Å². The Balaban J connectivity index is 1.74. The Morgan fingerprint density at radius 2 is 1.69 bits per heavy atom. The van der Waals surface area contributed by atoms with Gasteiger partial charge < -0.3 is 15.0 Å². The maximum Gasteiger partial charge on any atom is 0.264 e. The monoisotopic (exact) mass is 631 g/mol. The number of benzene rings is 3. The summed E-state index contributed by atoms with van der Waals surface area (Å²) in [6.07, 6.45) is 3.84. The van der Waals surface area contributed by atoms with Gasteiger partial charge in [-0.1, -0.05) is 66.4 Å². The Labute approximate surface area is 257 Å². The molecule has 0 aliphatic heterocycles. The summed E-state index contributed by atoms with van der Waals surface area (Å²) < 4.78 is 34.6. The van der Waals surface area contributed by atoms with Crippen LogP contribution in [0.1, 0.15) is 43.7 Å². The van der Waals surface area contributed by atoms with Crippen LogP contribution in [-0.4, -0.2) is 50.9 Å². The normalized spacial score (nSPS) is 14.3. The number of rotatable bonds is 11. The first kappa shape index (κ1) is 31.7. The maximum absolute atomic E-state index is 14.2. The van der Waals surface area contributed by atoms with Crippen LogP contribution in [0.3, 0.4) is 0 Å². The lowest BCUT2D eigenvalue weighted by Crippen LogP contribution is -2.52. The molecule has 8 nitrogen and oxygen atoms in total. The molecule has 1 fully saturated rings. The molecule has 224 valence electrons. The fourth-order valence-electron chi connectivity index (χ4n) is 5.04. The van der Waals surface area contributed by atoms with Crippen molar-refractivity contribution in [1.82, 2.24) is 10.2 Å². The summed E-state index contributed by atoms with van der Waals surface area (Å²) in [5.41, 5.74) is 1.64. The van der Waals surface area contributed by atoms with E-state index in [4.69, 9.17) is 27.9 Å². The lowest BCUT2D eigenvalue weighted by molar-refractivity contribution is -0.139. The zero-order chi connectivity index (χ0) is 30.4. The fraction of sp³-hybridized carbons (Fsp3) is 0.355. The Kier molecular flexibility index (Phi) is 10.4. The quantitative estimate of drug-likeness (QED) is 0.281. The van der Waals surface area contributed by atoms with E-state index >= 15 is 0 Å². The minimum atomic E-state index is -4.22. The van der Waals surface area contributed by atoms with Gasteiger partial charge in [0.15, 0.2) is 0 Å². The topological polar surface area (TPSA) is 96.0 Å². The van der Waals surface area contributed by atoms with Crippen LogP contribution in [0.25, 0.3) is 0 Å². The van der Waals surface area contributed by atoms with E-state index in [2.05, 4.69) is 5.32 Å². The van der Waals surface area contributed by atoms with Crippen LogP contribution in [0.2, 0.25) is 10.0 Å². The van der Waals surface area contributed by atoms with Crippen LogP contribution >= 0.6 is 23.2 Å². The summed E-state index contributed by atoms with van der Waals surface area (Å²) in [7, 11) is -2.78. The molecule has 4 rings (SSSR count). The van der Waals surface area contributed by atoms with Crippen LogP contribution in [0.5, 0.6) is 5.75 Å². The summed E-state index contributed by atoms with van der Waals surface area (Å²) in [4.78, 5) is 28.9. The molecule has 3 aromatic carbocycles. The highest BCUT2D eigenvalue weighted by atomic mass is 35.5. The third-order valence-electron chi connectivity index (χ3n) is 7.42. The lowest BCUT2D eigenvalue weighted by Gasteiger charge is -2.33. The van der Waals surface area contributed by atoms with Crippen molar-refractivity contribution in [3.8, 4) is 5.75 Å². The molecule has 0 spiro atoms. The minimum absolute atomic E-state index is 0.0130. The van der Waals surface area contributed by atoms with E-state index in [9.17, 15) is 18.0 Å². The van der Waals surface area contributed by atoms with E-state index in [1.807, 2.05) is 6.92 Å². The Bertz CT molecular complexity index is 1530. The van der Waals surface area contributed by atoms with Crippen molar-refractivity contribution < 1.29 is 22.7 Å². The van der Waals surface area contributed by atoms with Gasteiger partial charge in [-0.3, -0.25) is 13.9 Å². The molecule has 1 unspecified atom stereocenters. The Morgan fingerprint density at radius 3 is 2.33 bits per heavy atom. The second-order valence-electron chi connectivity index (χ2n) is 10.4. The van der Waals surface area contributed by atoms with Crippen LogP contribution in [0.4, 0.5) is 5.69 Å². The van der Waals surface area contributed by atoms with Gasteiger partial charge in [0.1, 0.15) is 18.3 Å². The molecule has 0 aromatic heterocycles. The first-order chi connectivity index (χ1) is 20.0. The molecule has 0 saturated heterocycles. The van der Waals surface area contributed by atoms with Gasteiger partial charge in [0.2, 0.25) is 11.8 Å². The van der Waals surface area contributed by atoms with Gasteiger partial charge in [0.25, 0.3) is 10.0 Å². The number of hydrogen-bond donors (Lipinski definition) is 1. The average molecular weight is 633 g/mol. The number of methoxy groups -OCH3 is 1. The van der Waals surface area contributed by atoms with Crippen molar-refractivity contribution in [3.05, 3.63) is 87.9 Å². The predicted molar refractivity (Wildman–Crippen MR) is 166 cm³/mol. The lowest BCUT2D eigenvalue weighted by atomic mass is 10.1. The molecule has 2 amide bonds. The molecule has 3 aromatic rings. The van der Waals surface area contributed by atoms with E-state index in [0.717, 1.165) is 35.6 Å². The molecule has 11 heteroatoms. The number of aryl methyl sites for hydroxylation is 1. The molecular weight excluding hydrogens is 597 g/mol. The number of anilines is 1. The number of ether oxygens (including phenoxy) is 1. The SMILES string of the molecule is COc1ccc(C)cc1N(CC(=O)N(Cc1ccc(Cl)c(Cl)c1)C(C)C(=O)NC1CCCC1)S(=O)(=O)c1ccccc1. The van der Waals surface area contributed by atoms with Crippen molar-refractivity contribution in [3.63, 3.8) is 0 Å². The highest BCUT2D eigenvalue weighted by molar-refractivity contribution is 7.92. The number of amides is 2. The molecule has 0 bridgehead atoms.